The molecule has 1 saturated carbocycles. The summed E-state index contributed by atoms with van der Waals surface area (Å²) in [4.78, 5) is 12.8. The van der Waals surface area contributed by atoms with Crippen LogP contribution in [0, 0.1) is 29.0 Å². The van der Waals surface area contributed by atoms with Gasteiger partial charge in [-0.1, -0.05) is 0 Å². The quantitative estimate of drug-likeness (QED) is 0.790. The number of allylic oxidation sites excluding steroid dienone is 2. The molecule has 2 unspecified atom stereocenters. The maximum Gasteiger partial charge on any atom is 0.170 e. The van der Waals surface area contributed by atoms with Gasteiger partial charge in [-0.2, -0.15) is 0 Å². The number of fused-ring (bicyclic) bond motifs is 2. The van der Waals surface area contributed by atoms with Gasteiger partial charge in [0.05, 0.1) is 25.4 Å². The third-order valence-electron chi connectivity index (χ3n) is 4.60. The Morgan fingerprint density at radius 3 is 2.61 bits per heavy atom. The van der Waals surface area contributed by atoms with Crippen LogP contribution in [0.5, 0.6) is 5.75 Å². The molecule has 3 nitrogen and oxygen atoms in total. The van der Waals surface area contributed by atoms with Gasteiger partial charge in [-0.25, -0.2) is 4.39 Å². The van der Waals surface area contributed by atoms with Crippen LogP contribution in [0.3, 0.4) is 0 Å². The van der Waals surface area contributed by atoms with Crippen LogP contribution in [0.2, 0.25) is 0 Å². The van der Waals surface area contributed by atoms with Crippen molar-refractivity contribution in [2.75, 3.05) is 14.2 Å². The third kappa shape index (κ3) is 2.60. The van der Waals surface area contributed by atoms with Crippen molar-refractivity contribution in [3.63, 3.8) is 0 Å². The lowest BCUT2D eigenvalue weighted by molar-refractivity contribution is -0.117. The van der Waals surface area contributed by atoms with Gasteiger partial charge in [0.1, 0.15) is 17.3 Å². The maximum atomic E-state index is 14.7. The van der Waals surface area contributed by atoms with Crippen molar-refractivity contribution >= 4 is 23.0 Å². The zero-order valence-electron chi connectivity index (χ0n) is 12.9. The average molecular weight is 335 g/mol. The summed E-state index contributed by atoms with van der Waals surface area (Å²) in [6.07, 6.45) is 2.49. The summed E-state index contributed by atoms with van der Waals surface area (Å²) in [5.41, 5.74) is 0.862. The van der Waals surface area contributed by atoms with Crippen LogP contribution >= 0.6 is 11.6 Å². The van der Waals surface area contributed by atoms with Crippen molar-refractivity contribution in [1.82, 2.24) is 0 Å². The smallest absolute Gasteiger partial charge is 0.170 e. The molecule has 0 amide bonds. The molecule has 0 spiro atoms. The highest BCUT2D eigenvalue weighted by atomic mass is 35.5. The highest BCUT2D eigenvalue weighted by Crippen LogP contribution is 2.48. The van der Waals surface area contributed by atoms with Crippen LogP contribution in [0.4, 0.5) is 4.39 Å². The summed E-state index contributed by atoms with van der Waals surface area (Å²) in [6.45, 7) is 0. The molecule has 2 aliphatic rings. The first kappa shape index (κ1) is 15.9. The number of rotatable bonds is 3. The lowest BCUT2D eigenvalue weighted by Gasteiger charge is -2.25. The van der Waals surface area contributed by atoms with E-state index < -0.39 is 5.82 Å². The molecule has 0 radical (unpaired) electrons. The molecule has 2 aliphatic carbocycles. The first-order chi connectivity index (χ1) is 11.1. The Bertz CT molecular complexity index is 758. The number of carbonyl (C=O) groups is 1. The summed E-state index contributed by atoms with van der Waals surface area (Å²) < 4.78 is 25.5. The molecule has 0 N–H and O–H groups in total. The summed E-state index contributed by atoms with van der Waals surface area (Å²) in [5.74, 6) is 2.90. The average Bonchev–Trinajstić information content (AvgIpc) is 2.97. The second-order valence-corrected chi connectivity index (χ2v) is 5.96. The van der Waals surface area contributed by atoms with E-state index in [0.29, 0.717) is 16.9 Å². The van der Waals surface area contributed by atoms with Gasteiger partial charge in [-0.3, -0.25) is 4.79 Å². The number of ketones is 1. The van der Waals surface area contributed by atoms with E-state index in [1.165, 1.54) is 20.3 Å². The number of ether oxygens (including phenoxy) is 2. The molecule has 5 heteroatoms. The van der Waals surface area contributed by atoms with Gasteiger partial charge in [0, 0.05) is 22.8 Å². The molecule has 2 atom stereocenters. The Balaban J connectivity index is 2.23. The molecule has 1 aromatic rings. The van der Waals surface area contributed by atoms with Crippen LogP contribution in [0.1, 0.15) is 30.4 Å². The van der Waals surface area contributed by atoms with Gasteiger partial charge < -0.3 is 9.47 Å². The molecular formula is C18H16ClFO3. The van der Waals surface area contributed by atoms with Crippen LogP contribution in [-0.2, 0) is 9.53 Å². The Kier molecular flexibility index (Phi) is 4.32. The molecular weight excluding hydrogens is 319 g/mol. The first-order valence-electron chi connectivity index (χ1n) is 7.42. The lowest BCUT2D eigenvalue weighted by atomic mass is 9.82. The molecule has 0 aliphatic heterocycles. The zero-order chi connectivity index (χ0) is 16.6. The fourth-order valence-corrected chi connectivity index (χ4v) is 3.72. The van der Waals surface area contributed by atoms with E-state index in [1.54, 1.807) is 6.07 Å². The highest BCUT2D eigenvalue weighted by molar-refractivity contribution is 6.30. The monoisotopic (exact) mass is 334 g/mol. The molecule has 0 heterocycles. The van der Waals surface area contributed by atoms with E-state index in [9.17, 15) is 9.18 Å². The number of hydrogen-bond acceptors (Lipinski definition) is 3. The molecule has 0 aromatic heterocycles. The second kappa shape index (κ2) is 6.25. The molecule has 120 valence electrons. The van der Waals surface area contributed by atoms with E-state index in [-0.39, 0.29) is 28.9 Å². The molecule has 1 fully saturated rings. The predicted molar refractivity (Wildman–Crippen MR) is 85.5 cm³/mol. The molecule has 1 aromatic carbocycles. The fraction of sp³-hybridized carbons (Fsp3) is 0.389. The zero-order valence-corrected chi connectivity index (χ0v) is 13.7. The number of benzene rings is 1. The van der Waals surface area contributed by atoms with Gasteiger partial charge in [-0.15, -0.1) is 0 Å². The summed E-state index contributed by atoms with van der Waals surface area (Å²) >= 11 is 5.38. The van der Waals surface area contributed by atoms with E-state index in [0.717, 1.165) is 19.3 Å². The lowest BCUT2D eigenvalue weighted by Crippen LogP contribution is -2.23. The van der Waals surface area contributed by atoms with Gasteiger partial charge in [0.15, 0.2) is 5.78 Å². The number of carbonyl (C=O) groups excluding carboxylic acids is 1. The highest BCUT2D eigenvalue weighted by Gasteiger charge is 2.43. The number of hydrogen-bond donors (Lipinski definition) is 0. The maximum absolute atomic E-state index is 14.7. The van der Waals surface area contributed by atoms with Crippen molar-refractivity contribution in [2.24, 2.45) is 11.8 Å². The van der Waals surface area contributed by atoms with Crippen molar-refractivity contribution in [2.45, 2.75) is 19.3 Å². The topological polar surface area (TPSA) is 35.5 Å². The van der Waals surface area contributed by atoms with E-state index in [4.69, 9.17) is 21.1 Å². The van der Waals surface area contributed by atoms with Crippen molar-refractivity contribution in [3.8, 4) is 17.0 Å². The van der Waals surface area contributed by atoms with Crippen LogP contribution in [0.15, 0.2) is 17.9 Å². The number of methoxy groups -OCH3 is 2. The SMILES string of the molecule is COC1=C(c2c(F)cc(C#CCl)cc2OC)C(=O)C2CCC1C2. The minimum absolute atomic E-state index is 0.0553. The fourth-order valence-electron chi connectivity index (χ4n) is 3.61. The third-order valence-corrected chi connectivity index (χ3v) is 4.70. The molecule has 0 saturated heterocycles. The molecule has 3 rings (SSSR count). The van der Waals surface area contributed by atoms with Crippen molar-refractivity contribution in [1.29, 1.82) is 0 Å². The largest absolute Gasteiger partial charge is 0.500 e. The first-order valence-corrected chi connectivity index (χ1v) is 7.80. The summed E-state index contributed by atoms with van der Waals surface area (Å²) in [6, 6.07) is 2.84. The predicted octanol–water partition coefficient (Wildman–Crippen LogP) is 3.74. The molecule has 23 heavy (non-hydrogen) atoms. The Hall–Kier alpha value is -1.99. The van der Waals surface area contributed by atoms with E-state index in [2.05, 4.69) is 11.3 Å². The van der Waals surface area contributed by atoms with Crippen LogP contribution < -0.4 is 4.74 Å². The van der Waals surface area contributed by atoms with Gasteiger partial charge >= 0.3 is 0 Å². The summed E-state index contributed by atoms with van der Waals surface area (Å²) in [5, 5.41) is 2.21. The van der Waals surface area contributed by atoms with E-state index >= 15 is 0 Å². The minimum atomic E-state index is -0.557. The molecule has 2 bridgehead atoms. The normalized spacial score (nSPS) is 22.7. The Morgan fingerprint density at radius 2 is 1.96 bits per heavy atom. The van der Waals surface area contributed by atoms with Gasteiger partial charge in [-0.05, 0) is 48.9 Å². The Labute approximate surface area is 139 Å². The standard InChI is InChI=1S/C18H16ClFO3/c1-22-14-8-10(5-6-19)7-13(20)15(14)16-17(21)11-3-4-12(9-11)18(16)23-2/h7-8,11-12H,3-4,9H2,1-2H3. The second-order valence-electron chi connectivity index (χ2n) is 5.77. The van der Waals surface area contributed by atoms with Crippen molar-refractivity contribution in [3.05, 3.63) is 34.8 Å². The minimum Gasteiger partial charge on any atom is -0.500 e. The van der Waals surface area contributed by atoms with Gasteiger partial charge in [0.2, 0.25) is 0 Å². The van der Waals surface area contributed by atoms with Crippen LogP contribution in [0.25, 0.3) is 5.57 Å². The van der Waals surface area contributed by atoms with E-state index in [1.807, 2.05) is 0 Å². The van der Waals surface area contributed by atoms with Crippen LogP contribution in [-0.4, -0.2) is 20.0 Å². The Morgan fingerprint density at radius 1 is 1.22 bits per heavy atom. The summed E-state index contributed by atoms with van der Waals surface area (Å²) in [7, 11) is 2.96. The van der Waals surface area contributed by atoms with Crippen molar-refractivity contribution < 1.29 is 18.7 Å². The number of halogens is 2. The van der Waals surface area contributed by atoms with Gasteiger partial charge in [0.25, 0.3) is 0 Å². The number of Topliss-reactive ketones (excluding diaryl/α,β-unsaturated/α-hetero) is 1.